The topological polar surface area (TPSA) is 30.5 Å². The van der Waals surface area contributed by atoms with Crippen molar-refractivity contribution in [2.45, 2.75) is 6.92 Å². The van der Waals surface area contributed by atoms with E-state index in [1.807, 2.05) is 6.92 Å². The second kappa shape index (κ2) is 3.98. The minimum atomic E-state index is 0.319. The van der Waals surface area contributed by atoms with Gasteiger partial charge in [0.2, 0.25) is 0 Å². The van der Waals surface area contributed by atoms with E-state index < -0.39 is 0 Å². The zero-order chi connectivity index (χ0) is 9.84. The molecule has 1 N–H and O–H groups in total. The van der Waals surface area contributed by atoms with E-state index >= 15 is 0 Å². The summed E-state index contributed by atoms with van der Waals surface area (Å²) < 4.78 is 22.2. The summed E-state index contributed by atoms with van der Waals surface area (Å²) in [7, 11) is 3.06. The van der Waals surface area contributed by atoms with Gasteiger partial charge in [-0.1, -0.05) is 0 Å². The van der Waals surface area contributed by atoms with Gasteiger partial charge >= 0.3 is 0 Å². The Hall–Kier alpha value is -1.45. The van der Waals surface area contributed by atoms with E-state index in [1.54, 1.807) is 17.7 Å². The van der Waals surface area contributed by atoms with Gasteiger partial charge < -0.3 is 9.47 Å². The Morgan fingerprint density at radius 1 is 1.15 bits per heavy atom. The first-order valence-corrected chi connectivity index (χ1v) is 3.82. The minimum absolute atomic E-state index is 0.319. The van der Waals surface area contributed by atoms with Crippen LogP contribution >= 0.6 is 0 Å². The number of rotatable bonds is 3. The lowest BCUT2D eigenvalue weighted by molar-refractivity contribution is 0.388. The van der Waals surface area contributed by atoms with Gasteiger partial charge in [0, 0.05) is 17.7 Å². The Bertz CT molecular complexity index is 277. The molecule has 0 bridgehead atoms. The molecule has 0 atom stereocenters. The largest absolute Gasteiger partial charge is 0.496 e. The van der Waals surface area contributed by atoms with Crippen LogP contribution in [0.5, 0.6) is 11.5 Å². The van der Waals surface area contributed by atoms with Gasteiger partial charge in [-0.05, 0) is 6.92 Å². The molecule has 4 heteroatoms. The lowest BCUT2D eigenvalue weighted by Gasteiger charge is -2.10. The second-order valence-corrected chi connectivity index (χ2v) is 2.60. The molecule has 13 heavy (non-hydrogen) atoms. The monoisotopic (exact) mass is 185 g/mol. The summed E-state index contributed by atoms with van der Waals surface area (Å²) in [5.74, 6) is 1.19. The molecular weight excluding hydrogens is 173 g/mol. The highest BCUT2D eigenvalue weighted by molar-refractivity contribution is 5.57. The maximum Gasteiger partial charge on any atom is 0.127 e. The molecule has 0 heterocycles. The van der Waals surface area contributed by atoms with Crippen LogP contribution in [-0.2, 0) is 0 Å². The van der Waals surface area contributed by atoms with Crippen molar-refractivity contribution in [3.63, 3.8) is 0 Å². The van der Waals surface area contributed by atoms with Gasteiger partial charge in [0.05, 0.1) is 19.9 Å². The van der Waals surface area contributed by atoms with Crippen LogP contribution in [-0.4, -0.2) is 14.2 Å². The summed E-state index contributed by atoms with van der Waals surface area (Å²) in [5, 5.41) is 0. The molecule has 0 aliphatic rings. The molecule has 1 rings (SSSR count). The Morgan fingerprint density at radius 3 is 1.92 bits per heavy atom. The van der Waals surface area contributed by atoms with Crippen molar-refractivity contribution in [1.29, 1.82) is 0 Å². The average molecular weight is 185 g/mol. The lowest BCUT2D eigenvalue weighted by atomic mass is 10.2. The normalized spacial score (nSPS) is 9.54. The van der Waals surface area contributed by atoms with Gasteiger partial charge in [-0.15, -0.1) is 4.48 Å². The molecule has 0 aliphatic carbocycles. The summed E-state index contributed by atoms with van der Waals surface area (Å²) in [6, 6.07) is 3.13. The van der Waals surface area contributed by atoms with Gasteiger partial charge in [0.1, 0.15) is 11.5 Å². The molecular formula is C9H12FNO2. The van der Waals surface area contributed by atoms with Crippen LogP contribution in [0.3, 0.4) is 0 Å². The van der Waals surface area contributed by atoms with E-state index in [0.29, 0.717) is 17.2 Å². The van der Waals surface area contributed by atoms with Crippen LogP contribution in [0.25, 0.3) is 0 Å². The maximum absolute atomic E-state index is 12.1. The predicted molar refractivity (Wildman–Crippen MR) is 49.0 cm³/mol. The zero-order valence-corrected chi connectivity index (χ0v) is 7.85. The van der Waals surface area contributed by atoms with Crippen LogP contribution in [0, 0.1) is 6.92 Å². The van der Waals surface area contributed by atoms with Crippen molar-refractivity contribution < 1.29 is 14.0 Å². The summed E-state index contributed by atoms with van der Waals surface area (Å²) in [5.41, 5.74) is 2.71. The number of anilines is 1. The summed E-state index contributed by atoms with van der Waals surface area (Å²) in [4.78, 5) is 0. The van der Waals surface area contributed by atoms with E-state index in [-0.39, 0.29) is 0 Å². The molecule has 0 aromatic heterocycles. The first-order valence-electron chi connectivity index (χ1n) is 3.82. The van der Waals surface area contributed by atoms with Gasteiger partial charge in [-0.2, -0.15) is 0 Å². The van der Waals surface area contributed by atoms with Crippen molar-refractivity contribution in [1.82, 2.24) is 0 Å². The summed E-state index contributed by atoms with van der Waals surface area (Å²) in [6.45, 7) is 1.85. The van der Waals surface area contributed by atoms with Gasteiger partial charge in [0.15, 0.2) is 0 Å². The fourth-order valence-electron chi connectivity index (χ4n) is 1.14. The van der Waals surface area contributed by atoms with E-state index in [0.717, 1.165) is 5.56 Å². The van der Waals surface area contributed by atoms with Crippen molar-refractivity contribution >= 4 is 5.69 Å². The van der Waals surface area contributed by atoms with Crippen LogP contribution in [0.2, 0.25) is 0 Å². The number of hydrogen-bond donors (Lipinski definition) is 1. The zero-order valence-electron chi connectivity index (χ0n) is 7.85. The van der Waals surface area contributed by atoms with Crippen molar-refractivity contribution in [3.05, 3.63) is 17.7 Å². The molecule has 3 nitrogen and oxygen atoms in total. The van der Waals surface area contributed by atoms with Crippen molar-refractivity contribution in [3.8, 4) is 11.5 Å². The molecule has 0 spiro atoms. The molecule has 0 radical (unpaired) electrons. The molecule has 1 aromatic rings. The number of methoxy groups -OCH3 is 2. The van der Waals surface area contributed by atoms with E-state index in [1.165, 1.54) is 14.2 Å². The molecule has 0 aliphatic heterocycles. The van der Waals surface area contributed by atoms with E-state index in [9.17, 15) is 4.48 Å². The highest BCUT2D eigenvalue weighted by atomic mass is 19.2. The second-order valence-electron chi connectivity index (χ2n) is 2.60. The SMILES string of the molecule is COc1cc(NF)cc(OC)c1C. The van der Waals surface area contributed by atoms with Crippen LogP contribution < -0.4 is 15.0 Å². The fourth-order valence-corrected chi connectivity index (χ4v) is 1.14. The van der Waals surface area contributed by atoms with Gasteiger partial charge in [-0.3, -0.25) is 0 Å². The van der Waals surface area contributed by atoms with Gasteiger partial charge in [-0.25, -0.2) is 5.54 Å². The van der Waals surface area contributed by atoms with Crippen molar-refractivity contribution in [2.75, 3.05) is 19.8 Å². The summed E-state index contributed by atoms with van der Waals surface area (Å²) in [6.07, 6.45) is 0. The van der Waals surface area contributed by atoms with Crippen molar-refractivity contribution in [2.24, 2.45) is 0 Å². The Kier molecular flexibility index (Phi) is 2.95. The molecule has 0 saturated carbocycles. The Labute approximate surface area is 76.4 Å². The van der Waals surface area contributed by atoms with E-state index in [4.69, 9.17) is 9.47 Å². The van der Waals surface area contributed by atoms with Gasteiger partial charge in [0.25, 0.3) is 0 Å². The first-order chi connectivity index (χ1) is 6.22. The first kappa shape index (κ1) is 9.64. The quantitative estimate of drug-likeness (QED) is 0.733. The smallest absolute Gasteiger partial charge is 0.127 e. The molecule has 0 fully saturated rings. The maximum atomic E-state index is 12.1. The third-order valence-electron chi connectivity index (χ3n) is 1.86. The fraction of sp³-hybridized carbons (Fsp3) is 0.333. The molecule has 1 aromatic carbocycles. The number of hydrogen-bond acceptors (Lipinski definition) is 3. The highest BCUT2D eigenvalue weighted by Crippen LogP contribution is 2.31. The summed E-state index contributed by atoms with van der Waals surface area (Å²) >= 11 is 0. The predicted octanol–water partition coefficient (Wildman–Crippen LogP) is 2.31. The van der Waals surface area contributed by atoms with Crippen LogP contribution in [0.15, 0.2) is 12.1 Å². The third-order valence-corrected chi connectivity index (χ3v) is 1.86. The molecule has 0 unspecified atom stereocenters. The molecule has 72 valence electrons. The lowest BCUT2D eigenvalue weighted by Crippen LogP contribution is -1.94. The highest BCUT2D eigenvalue weighted by Gasteiger charge is 2.07. The number of ether oxygens (including phenoxy) is 2. The molecule has 0 amide bonds. The standard InChI is InChI=1S/C9H12FNO2/c1-6-8(12-2)4-7(11-10)5-9(6)13-3/h4-5,11H,1-3H3. The van der Waals surface area contributed by atoms with Crippen LogP contribution in [0.4, 0.5) is 10.2 Å². The Morgan fingerprint density at radius 2 is 1.62 bits per heavy atom. The van der Waals surface area contributed by atoms with Crippen LogP contribution in [0.1, 0.15) is 5.56 Å². The van der Waals surface area contributed by atoms with E-state index in [2.05, 4.69) is 0 Å². The third kappa shape index (κ3) is 1.83. The average Bonchev–Trinajstić information content (AvgIpc) is 2.18. The number of benzene rings is 1. The number of nitrogens with one attached hydrogen (secondary N) is 1. The number of halogens is 1. The molecule has 0 saturated heterocycles. The Balaban J connectivity index is 3.20. The minimum Gasteiger partial charge on any atom is -0.496 e.